The van der Waals surface area contributed by atoms with E-state index in [4.69, 9.17) is 9.15 Å². The summed E-state index contributed by atoms with van der Waals surface area (Å²) in [5.41, 5.74) is -0.249. The largest absolute Gasteiger partial charge is 0.469 e. The number of rotatable bonds is 3. The number of ether oxygens (including phenoxy) is 1. The van der Waals surface area contributed by atoms with Gasteiger partial charge in [0.15, 0.2) is 0 Å². The maximum atomic E-state index is 12.1. The molecule has 98 valence electrons. The Kier molecular flexibility index (Phi) is 2.90. The van der Waals surface area contributed by atoms with Crippen molar-refractivity contribution >= 4 is 5.97 Å². The maximum Gasteiger partial charge on any atom is 0.313 e. The van der Waals surface area contributed by atoms with Crippen molar-refractivity contribution in [2.24, 2.45) is 11.3 Å². The molecule has 0 amide bonds. The van der Waals surface area contributed by atoms with Crippen LogP contribution in [0.5, 0.6) is 0 Å². The van der Waals surface area contributed by atoms with Crippen LogP contribution in [0, 0.1) is 11.3 Å². The second kappa shape index (κ2) is 4.43. The minimum atomic E-state index is -0.249. The highest BCUT2D eigenvalue weighted by molar-refractivity contribution is 5.78. The molecule has 1 aliphatic heterocycles. The summed E-state index contributed by atoms with van der Waals surface area (Å²) in [6.45, 7) is 2.59. The number of esters is 1. The van der Waals surface area contributed by atoms with Crippen LogP contribution in [-0.2, 0) is 16.1 Å². The van der Waals surface area contributed by atoms with E-state index < -0.39 is 0 Å². The van der Waals surface area contributed by atoms with E-state index in [-0.39, 0.29) is 11.4 Å². The van der Waals surface area contributed by atoms with Gasteiger partial charge in [-0.15, -0.1) is 0 Å². The number of furan rings is 1. The summed E-state index contributed by atoms with van der Waals surface area (Å²) in [7, 11) is 1.50. The fourth-order valence-corrected chi connectivity index (χ4v) is 3.67. The molecule has 2 fully saturated rings. The molecule has 0 unspecified atom stereocenters. The lowest BCUT2D eigenvalue weighted by atomic mass is 9.81. The van der Waals surface area contributed by atoms with Crippen molar-refractivity contribution in [3.05, 3.63) is 24.2 Å². The van der Waals surface area contributed by atoms with E-state index in [2.05, 4.69) is 4.90 Å². The highest BCUT2D eigenvalue weighted by Gasteiger charge is 2.55. The zero-order valence-electron chi connectivity index (χ0n) is 10.7. The Bertz CT molecular complexity index is 428. The molecule has 4 heteroatoms. The number of likely N-dealkylation sites (tertiary alicyclic amines) is 1. The monoisotopic (exact) mass is 249 g/mol. The molecule has 0 aromatic carbocycles. The summed E-state index contributed by atoms with van der Waals surface area (Å²) in [5, 5.41) is 0. The van der Waals surface area contributed by atoms with Crippen LogP contribution in [0.1, 0.15) is 25.0 Å². The van der Waals surface area contributed by atoms with Gasteiger partial charge in [-0.25, -0.2) is 0 Å². The standard InChI is InChI=1S/C14H19NO3/c1-17-13(16)14-6-2-4-11(14)8-15(10-14)9-12-5-3-7-18-12/h3,5,7,11H,2,4,6,8-10H2,1H3/t11-,14-/m0/s1. The quantitative estimate of drug-likeness (QED) is 0.769. The van der Waals surface area contributed by atoms with Gasteiger partial charge in [-0.1, -0.05) is 6.42 Å². The first-order valence-electron chi connectivity index (χ1n) is 6.58. The molecule has 0 bridgehead atoms. The van der Waals surface area contributed by atoms with E-state index in [9.17, 15) is 4.79 Å². The number of carbonyl (C=O) groups excluding carboxylic acids is 1. The number of methoxy groups -OCH3 is 1. The number of carbonyl (C=O) groups is 1. The van der Waals surface area contributed by atoms with Crippen molar-refractivity contribution in [3.8, 4) is 0 Å². The van der Waals surface area contributed by atoms with Gasteiger partial charge in [-0.05, 0) is 30.9 Å². The molecule has 1 aromatic rings. The predicted molar refractivity (Wildman–Crippen MR) is 65.8 cm³/mol. The fraction of sp³-hybridized carbons (Fsp3) is 0.643. The minimum Gasteiger partial charge on any atom is -0.469 e. The summed E-state index contributed by atoms with van der Waals surface area (Å²) >= 11 is 0. The van der Waals surface area contributed by atoms with Gasteiger partial charge in [0.05, 0.1) is 25.3 Å². The Morgan fingerprint density at radius 2 is 2.56 bits per heavy atom. The van der Waals surface area contributed by atoms with Crippen LogP contribution in [0.4, 0.5) is 0 Å². The smallest absolute Gasteiger partial charge is 0.313 e. The molecule has 1 aromatic heterocycles. The maximum absolute atomic E-state index is 12.1. The van der Waals surface area contributed by atoms with Crippen molar-refractivity contribution in [2.75, 3.05) is 20.2 Å². The average molecular weight is 249 g/mol. The lowest BCUT2D eigenvalue weighted by molar-refractivity contribution is -0.153. The van der Waals surface area contributed by atoms with E-state index in [1.807, 2.05) is 12.1 Å². The molecule has 1 saturated carbocycles. The molecule has 1 aliphatic carbocycles. The zero-order chi connectivity index (χ0) is 12.6. The van der Waals surface area contributed by atoms with E-state index >= 15 is 0 Å². The molecule has 1 saturated heterocycles. The highest BCUT2D eigenvalue weighted by atomic mass is 16.5. The first kappa shape index (κ1) is 11.8. The molecule has 18 heavy (non-hydrogen) atoms. The second-order valence-corrected chi connectivity index (χ2v) is 5.49. The van der Waals surface area contributed by atoms with Crippen LogP contribution in [0.15, 0.2) is 22.8 Å². The highest BCUT2D eigenvalue weighted by Crippen LogP contribution is 2.49. The van der Waals surface area contributed by atoms with Gasteiger partial charge >= 0.3 is 5.97 Å². The molecule has 2 atom stereocenters. The molecular weight excluding hydrogens is 230 g/mol. The molecular formula is C14H19NO3. The Morgan fingerprint density at radius 1 is 1.67 bits per heavy atom. The molecule has 0 spiro atoms. The SMILES string of the molecule is COC(=O)[C@]12CCC[C@H]1CN(Cc1ccco1)C2. The third-order valence-corrected chi connectivity index (χ3v) is 4.49. The number of fused-ring (bicyclic) bond motifs is 1. The van der Waals surface area contributed by atoms with Gasteiger partial charge in [0.1, 0.15) is 5.76 Å². The summed E-state index contributed by atoms with van der Waals surface area (Å²) < 4.78 is 10.4. The third-order valence-electron chi connectivity index (χ3n) is 4.49. The lowest BCUT2D eigenvalue weighted by Crippen LogP contribution is -2.36. The molecule has 0 N–H and O–H groups in total. The molecule has 3 rings (SSSR count). The van der Waals surface area contributed by atoms with Crippen LogP contribution in [0.3, 0.4) is 0 Å². The Hall–Kier alpha value is -1.29. The number of nitrogens with zero attached hydrogens (tertiary/aromatic N) is 1. The van der Waals surface area contributed by atoms with Gasteiger partial charge in [0.25, 0.3) is 0 Å². The van der Waals surface area contributed by atoms with Crippen LogP contribution < -0.4 is 0 Å². The normalized spacial score (nSPS) is 31.5. The second-order valence-electron chi connectivity index (χ2n) is 5.49. The van der Waals surface area contributed by atoms with E-state index in [1.165, 1.54) is 7.11 Å². The summed E-state index contributed by atoms with van der Waals surface area (Å²) in [5.74, 6) is 1.40. The zero-order valence-corrected chi connectivity index (χ0v) is 10.7. The molecule has 2 heterocycles. The fourth-order valence-electron chi connectivity index (χ4n) is 3.67. The summed E-state index contributed by atoms with van der Waals surface area (Å²) in [4.78, 5) is 14.4. The van der Waals surface area contributed by atoms with Gasteiger partial charge in [0, 0.05) is 13.1 Å². The van der Waals surface area contributed by atoms with Crippen LogP contribution in [0.25, 0.3) is 0 Å². The Morgan fingerprint density at radius 3 is 3.28 bits per heavy atom. The van der Waals surface area contributed by atoms with Gasteiger partial charge < -0.3 is 9.15 Å². The topological polar surface area (TPSA) is 42.7 Å². The minimum absolute atomic E-state index is 0.0213. The van der Waals surface area contributed by atoms with Crippen molar-refractivity contribution in [3.63, 3.8) is 0 Å². The molecule has 0 radical (unpaired) electrons. The summed E-state index contributed by atoms with van der Waals surface area (Å²) in [6.07, 6.45) is 4.96. The van der Waals surface area contributed by atoms with Crippen molar-refractivity contribution in [1.82, 2.24) is 4.90 Å². The first-order valence-corrected chi connectivity index (χ1v) is 6.58. The Labute approximate surface area is 107 Å². The van der Waals surface area contributed by atoms with Crippen molar-refractivity contribution in [1.29, 1.82) is 0 Å². The van der Waals surface area contributed by atoms with Crippen LogP contribution >= 0.6 is 0 Å². The van der Waals surface area contributed by atoms with Crippen molar-refractivity contribution in [2.45, 2.75) is 25.8 Å². The number of hydrogen-bond donors (Lipinski definition) is 0. The van der Waals surface area contributed by atoms with E-state index in [1.54, 1.807) is 6.26 Å². The summed E-state index contributed by atoms with van der Waals surface area (Å²) in [6, 6.07) is 3.89. The van der Waals surface area contributed by atoms with Gasteiger partial charge in [-0.3, -0.25) is 9.69 Å². The average Bonchev–Trinajstić information content (AvgIpc) is 3.03. The Balaban J connectivity index is 1.74. The third kappa shape index (κ3) is 1.75. The van der Waals surface area contributed by atoms with Crippen LogP contribution in [-0.4, -0.2) is 31.1 Å². The molecule has 2 aliphatic rings. The predicted octanol–water partition coefficient (Wildman–Crippen LogP) is 2.05. The van der Waals surface area contributed by atoms with Crippen LogP contribution in [0.2, 0.25) is 0 Å². The lowest BCUT2D eigenvalue weighted by Gasteiger charge is -2.25. The number of hydrogen-bond acceptors (Lipinski definition) is 4. The molecule has 4 nitrogen and oxygen atoms in total. The van der Waals surface area contributed by atoms with Gasteiger partial charge in [0.2, 0.25) is 0 Å². The van der Waals surface area contributed by atoms with E-state index in [0.717, 1.165) is 44.7 Å². The van der Waals surface area contributed by atoms with E-state index in [0.29, 0.717) is 5.92 Å². The van der Waals surface area contributed by atoms with Gasteiger partial charge in [-0.2, -0.15) is 0 Å². The first-order chi connectivity index (χ1) is 8.74. The van der Waals surface area contributed by atoms with Crippen molar-refractivity contribution < 1.29 is 13.9 Å².